The summed E-state index contributed by atoms with van der Waals surface area (Å²) in [5, 5.41) is 3.99. The van der Waals surface area contributed by atoms with Crippen LogP contribution in [0, 0.1) is 11.8 Å². The SMILES string of the molecule is CCC(CC)NC1C2CCC1Cc1ccccc1C2. The van der Waals surface area contributed by atoms with Gasteiger partial charge in [-0.3, -0.25) is 0 Å². The molecule has 1 N–H and O–H groups in total. The van der Waals surface area contributed by atoms with Crippen molar-refractivity contribution in [1.29, 1.82) is 0 Å². The highest BCUT2D eigenvalue weighted by molar-refractivity contribution is 5.30. The second kappa shape index (κ2) is 5.66. The summed E-state index contributed by atoms with van der Waals surface area (Å²) in [4.78, 5) is 0. The van der Waals surface area contributed by atoms with Crippen molar-refractivity contribution in [3.8, 4) is 0 Å². The van der Waals surface area contributed by atoms with Crippen LogP contribution in [0.15, 0.2) is 24.3 Å². The lowest BCUT2D eigenvalue weighted by Crippen LogP contribution is -2.43. The van der Waals surface area contributed by atoms with E-state index in [1.165, 1.54) is 38.5 Å². The maximum Gasteiger partial charge on any atom is 0.0132 e. The Balaban J connectivity index is 1.79. The van der Waals surface area contributed by atoms with Crippen molar-refractivity contribution in [2.75, 3.05) is 0 Å². The van der Waals surface area contributed by atoms with Crippen molar-refractivity contribution in [1.82, 2.24) is 5.32 Å². The van der Waals surface area contributed by atoms with Gasteiger partial charge in [0.1, 0.15) is 0 Å². The van der Waals surface area contributed by atoms with Gasteiger partial charge in [-0.25, -0.2) is 0 Å². The molecule has 0 spiro atoms. The summed E-state index contributed by atoms with van der Waals surface area (Å²) in [5.41, 5.74) is 3.23. The summed E-state index contributed by atoms with van der Waals surface area (Å²) in [5.74, 6) is 1.74. The molecule has 1 fully saturated rings. The third kappa shape index (κ3) is 2.58. The standard InChI is InChI=1S/C18H27N/c1-3-17(4-2)19-18-15-9-10-16(18)12-14-8-6-5-7-13(14)11-15/h5-8,15-19H,3-4,9-12H2,1-2H3. The van der Waals surface area contributed by atoms with Crippen LogP contribution < -0.4 is 5.32 Å². The summed E-state index contributed by atoms with van der Waals surface area (Å²) < 4.78 is 0. The summed E-state index contributed by atoms with van der Waals surface area (Å²) in [6.07, 6.45) is 7.97. The molecule has 0 aliphatic heterocycles. The van der Waals surface area contributed by atoms with E-state index in [2.05, 4.69) is 43.4 Å². The highest BCUT2D eigenvalue weighted by Gasteiger charge is 2.39. The maximum atomic E-state index is 3.99. The van der Waals surface area contributed by atoms with Crippen molar-refractivity contribution in [2.45, 2.75) is 64.5 Å². The van der Waals surface area contributed by atoms with Crippen LogP contribution in [0.4, 0.5) is 0 Å². The van der Waals surface area contributed by atoms with Crippen molar-refractivity contribution in [2.24, 2.45) is 11.8 Å². The van der Waals surface area contributed by atoms with Gasteiger partial charge in [-0.1, -0.05) is 38.1 Å². The fraction of sp³-hybridized carbons (Fsp3) is 0.667. The minimum absolute atomic E-state index is 0.717. The molecule has 3 rings (SSSR count). The summed E-state index contributed by atoms with van der Waals surface area (Å²) >= 11 is 0. The number of nitrogens with one attached hydrogen (secondary N) is 1. The molecule has 19 heavy (non-hydrogen) atoms. The monoisotopic (exact) mass is 257 g/mol. The minimum Gasteiger partial charge on any atom is -0.311 e. The summed E-state index contributed by atoms with van der Waals surface area (Å²) in [6.45, 7) is 4.63. The van der Waals surface area contributed by atoms with Gasteiger partial charge >= 0.3 is 0 Å². The largest absolute Gasteiger partial charge is 0.311 e. The van der Waals surface area contributed by atoms with Gasteiger partial charge in [0.15, 0.2) is 0 Å². The number of hydrogen-bond donors (Lipinski definition) is 1. The topological polar surface area (TPSA) is 12.0 Å². The Morgan fingerprint density at radius 1 is 1.00 bits per heavy atom. The molecule has 0 amide bonds. The summed E-state index contributed by atoms with van der Waals surface area (Å²) in [6, 6.07) is 10.6. The highest BCUT2D eigenvalue weighted by Crippen LogP contribution is 2.40. The average molecular weight is 257 g/mol. The fourth-order valence-electron chi connectivity index (χ4n) is 4.22. The predicted molar refractivity (Wildman–Crippen MR) is 81.4 cm³/mol. The van der Waals surface area contributed by atoms with E-state index >= 15 is 0 Å². The second-order valence-electron chi connectivity index (χ2n) is 6.48. The lowest BCUT2D eigenvalue weighted by Gasteiger charge is -2.28. The van der Waals surface area contributed by atoms with Gasteiger partial charge in [0, 0.05) is 12.1 Å². The van der Waals surface area contributed by atoms with E-state index in [9.17, 15) is 0 Å². The molecular weight excluding hydrogens is 230 g/mol. The molecule has 1 saturated carbocycles. The Labute approximate surface area is 117 Å². The molecule has 2 unspecified atom stereocenters. The molecule has 104 valence electrons. The second-order valence-corrected chi connectivity index (χ2v) is 6.48. The van der Waals surface area contributed by atoms with E-state index in [0.29, 0.717) is 6.04 Å². The Hall–Kier alpha value is -0.820. The number of rotatable bonds is 4. The number of benzene rings is 1. The van der Waals surface area contributed by atoms with E-state index in [4.69, 9.17) is 0 Å². The van der Waals surface area contributed by atoms with Gasteiger partial charge < -0.3 is 5.32 Å². The average Bonchev–Trinajstić information content (AvgIpc) is 2.70. The van der Waals surface area contributed by atoms with Crippen LogP contribution in [-0.2, 0) is 12.8 Å². The van der Waals surface area contributed by atoms with Crippen LogP contribution in [-0.4, -0.2) is 12.1 Å². The molecule has 1 nitrogen and oxygen atoms in total. The molecule has 2 atom stereocenters. The van der Waals surface area contributed by atoms with Gasteiger partial charge in [-0.05, 0) is 61.5 Å². The molecule has 0 radical (unpaired) electrons. The van der Waals surface area contributed by atoms with Crippen LogP contribution in [0.2, 0.25) is 0 Å². The Bertz CT molecular complexity index is 388. The quantitative estimate of drug-likeness (QED) is 0.861. The first-order chi connectivity index (χ1) is 9.31. The molecule has 2 bridgehead atoms. The molecule has 1 aromatic carbocycles. The smallest absolute Gasteiger partial charge is 0.0132 e. The van der Waals surface area contributed by atoms with Gasteiger partial charge in [-0.15, -0.1) is 0 Å². The van der Waals surface area contributed by atoms with Crippen molar-refractivity contribution in [3.05, 3.63) is 35.4 Å². The van der Waals surface area contributed by atoms with Crippen LogP contribution in [0.5, 0.6) is 0 Å². The lowest BCUT2D eigenvalue weighted by molar-refractivity contribution is 0.297. The van der Waals surface area contributed by atoms with Crippen molar-refractivity contribution < 1.29 is 0 Å². The fourth-order valence-corrected chi connectivity index (χ4v) is 4.22. The molecule has 0 aromatic heterocycles. The van der Waals surface area contributed by atoms with Crippen LogP contribution >= 0.6 is 0 Å². The Morgan fingerprint density at radius 3 is 2.00 bits per heavy atom. The molecule has 1 aromatic rings. The molecule has 1 heteroatoms. The molecule has 0 saturated heterocycles. The Morgan fingerprint density at radius 2 is 1.53 bits per heavy atom. The lowest BCUT2D eigenvalue weighted by atomic mass is 9.94. The van der Waals surface area contributed by atoms with E-state index in [1.54, 1.807) is 11.1 Å². The number of fused-ring (bicyclic) bond motifs is 3. The van der Waals surface area contributed by atoms with Crippen LogP contribution in [0.25, 0.3) is 0 Å². The predicted octanol–water partition coefficient (Wildman–Crippen LogP) is 3.96. The van der Waals surface area contributed by atoms with E-state index in [0.717, 1.165) is 17.9 Å². The number of hydrogen-bond acceptors (Lipinski definition) is 1. The van der Waals surface area contributed by atoms with Gasteiger partial charge in [-0.2, -0.15) is 0 Å². The van der Waals surface area contributed by atoms with Gasteiger partial charge in [0.05, 0.1) is 0 Å². The van der Waals surface area contributed by atoms with Crippen molar-refractivity contribution >= 4 is 0 Å². The van der Waals surface area contributed by atoms with E-state index in [-0.39, 0.29) is 0 Å². The molecule has 2 aliphatic carbocycles. The maximum absolute atomic E-state index is 3.99. The zero-order valence-electron chi connectivity index (χ0n) is 12.4. The third-order valence-electron chi connectivity index (χ3n) is 5.42. The van der Waals surface area contributed by atoms with Crippen molar-refractivity contribution in [3.63, 3.8) is 0 Å². The molecule has 2 aliphatic rings. The Kier molecular flexibility index (Phi) is 3.93. The first-order valence-corrected chi connectivity index (χ1v) is 8.14. The molecule has 0 heterocycles. The molecular formula is C18H27N. The highest BCUT2D eigenvalue weighted by atomic mass is 15.0. The van der Waals surface area contributed by atoms with E-state index in [1.807, 2.05) is 0 Å². The minimum atomic E-state index is 0.717. The van der Waals surface area contributed by atoms with Gasteiger partial charge in [0.25, 0.3) is 0 Å². The first-order valence-electron chi connectivity index (χ1n) is 8.14. The third-order valence-corrected chi connectivity index (χ3v) is 5.42. The first kappa shape index (κ1) is 13.2. The zero-order chi connectivity index (χ0) is 13.2. The normalized spacial score (nSPS) is 29.3. The van der Waals surface area contributed by atoms with Gasteiger partial charge in [0.2, 0.25) is 0 Å². The van der Waals surface area contributed by atoms with E-state index < -0.39 is 0 Å². The van der Waals surface area contributed by atoms with Crippen LogP contribution in [0.3, 0.4) is 0 Å². The summed E-state index contributed by atoms with van der Waals surface area (Å²) in [7, 11) is 0. The zero-order valence-corrected chi connectivity index (χ0v) is 12.4. The van der Waals surface area contributed by atoms with Crippen LogP contribution in [0.1, 0.15) is 50.7 Å².